The zero-order chi connectivity index (χ0) is 36.5. The Balaban J connectivity index is 1.74. The van der Waals surface area contributed by atoms with Crippen molar-refractivity contribution in [2.75, 3.05) is 19.6 Å². The van der Waals surface area contributed by atoms with Gasteiger partial charge in [0.2, 0.25) is 23.6 Å². The molecule has 0 unspecified atom stereocenters. The number of nitrogens with zero attached hydrogens (tertiary/aromatic N) is 1. The maximum Gasteiger partial charge on any atom is 0.245 e. The van der Waals surface area contributed by atoms with Crippen molar-refractivity contribution in [1.82, 2.24) is 20.9 Å². The van der Waals surface area contributed by atoms with Crippen LogP contribution in [0.25, 0.3) is 0 Å². The Labute approximate surface area is 297 Å². The number of nitrogens with two attached hydrogens (primary N) is 2. The maximum atomic E-state index is 13.9. The first kappa shape index (κ1) is 40.3. The largest absolute Gasteiger partial charge is 0.343 e. The molecule has 1 saturated heterocycles. The zero-order valence-corrected chi connectivity index (χ0v) is 30.1. The molecule has 1 fully saturated rings. The van der Waals surface area contributed by atoms with E-state index in [1.807, 2.05) is 81.4 Å². The van der Waals surface area contributed by atoms with Crippen molar-refractivity contribution in [2.24, 2.45) is 23.3 Å². The molecule has 1 aliphatic heterocycles. The summed E-state index contributed by atoms with van der Waals surface area (Å²) < 4.78 is 0. The van der Waals surface area contributed by atoms with Gasteiger partial charge in [-0.25, -0.2) is 0 Å². The standard InChI is InChI=1S/C39H58N6O5/c1-4-31(46)24-30-18-21-45(22-19-30)39(50)33(17-11-12-20-40)42-37(48)34(23-27(2)3)44-38(49)35(26-29-15-9-6-10-16-29)43-36(47)32(41)25-28-13-7-5-8-14-28/h5-10,13-16,27,30,32-35H,4,11-12,17-26,40-41H2,1-3H3,(H,42,48)(H,43,47)(H,44,49)/t32-,33-,34-,35-/m1/s1. The maximum absolute atomic E-state index is 13.9. The number of Topliss-reactive ketones (excluding diaryl/α,β-unsaturated/α-hetero) is 1. The van der Waals surface area contributed by atoms with Crippen LogP contribution in [0, 0.1) is 11.8 Å². The van der Waals surface area contributed by atoms with Crippen molar-refractivity contribution >= 4 is 29.4 Å². The van der Waals surface area contributed by atoms with E-state index >= 15 is 0 Å². The fourth-order valence-corrected chi connectivity index (χ4v) is 6.34. The summed E-state index contributed by atoms with van der Waals surface area (Å²) in [4.78, 5) is 68.6. The molecule has 4 amide bonds. The lowest BCUT2D eigenvalue weighted by Crippen LogP contribution is -2.59. The first-order chi connectivity index (χ1) is 24.0. The number of unbranched alkanes of at least 4 members (excludes halogenated alkanes) is 1. The number of hydrogen-bond acceptors (Lipinski definition) is 7. The van der Waals surface area contributed by atoms with E-state index in [1.165, 1.54) is 0 Å². The molecule has 3 rings (SSSR count). The lowest BCUT2D eigenvalue weighted by atomic mass is 9.90. The van der Waals surface area contributed by atoms with Crippen molar-refractivity contribution in [3.63, 3.8) is 0 Å². The van der Waals surface area contributed by atoms with E-state index in [1.54, 1.807) is 4.90 Å². The van der Waals surface area contributed by atoms with Gasteiger partial charge >= 0.3 is 0 Å². The van der Waals surface area contributed by atoms with Crippen molar-refractivity contribution < 1.29 is 24.0 Å². The lowest BCUT2D eigenvalue weighted by Gasteiger charge is -2.35. The molecule has 0 saturated carbocycles. The van der Waals surface area contributed by atoms with Crippen LogP contribution >= 0.6 is 0 Å². The Kier molecular flexibility index (Phi) is 17.1. The number of rotatable bonds is 20. The minimum atomic E-state index is -0.989. The number of benzene rings is 2. The Morgan fingerprint density at radius 1 is 0.760 bits per heavy atom. The molecule has 50 heavy (non-hydrogen) atoms. The van der Waals surface area contributed by atoms with Crippen LogP contribution < -0.4 is 27.4 Å². The van der Waals surface area contributed by atoms with Gasteiger partial charge in [-0.05, 0) is 74.5 Å². The SMILES string of the molecule is CCC(=O)CC1CCN(C(=O)[C@@H](CCCCN)NC(=O)[C@@H](CC(C)C)NC(=O)[C@@H](Cc2ccccc2)NC(=O)[C@H](N)Cc2ccccc2)CC1. The number of carbonyl (C=O) groups excluding carboxylic acids is 5. The van der Waals surface area contributed by atoms with E-state index in [9.17, 15) is 24.0 Å². The summed E-state index contributed by atoms with van der Waals surface area (Å²) in [5, 5.41) is 8.70. The highest BCUT2D eigenvalue weighted by Gasteiger charge is 2.33. The molecule has 0 aliphatic carbocycles. The molecule has 1 aliphatic rings. The van der Waals surface area contributed by atoms with Gasteiger partial charge in [0.05, 0.1) is 6.04 Å². The van der Waals surface area contributed by atoms with E-state index in [0.29, 0.717) is 64.6 Å². The molecule has 0 radical (unpaired) electrons. The average molecular weight is 691 g/mol. The molecule has 0 aromatic heterocycles. The molecule has 0 spiro atoms. The Morgan fingerprint density at radius 3 is 1.86 bits per heavy atom. The molecule has 11 heteroatoms. The number of hydrogen-bond donors (Lipinski definition) is 5. The second kappa shape index (κ2) is 21.2. The first-order valence-corrected chi connectivity index (χ1v) is 18.3. The molecule has 7 N–H and O–H groups in total. The summed E-state index contributed by atoms with van der Waals surface area (Å²) in [6, 6.07) is 15.2. The van der Waals surface area contributed by atoms with Crippen LogP contribution in [0.5, 0.6) is 0 Å². The molecule has 0 bridgehead atoms. The summed E-state index contributed by atoms with van der Waals surface area (Å²) >= 11 is 0. The van der Waals surface area contributed by atoms with Crippen LogP contribution in [0.3, 0.4) is 0 Å². The van der Waals surface area contributed by atoms with Crippen molar-refractivity contribution in [3.05, 3.63) is 71.8 Å². The van der Waals surface area contributed by atoms with Crippen LogP contribution in [0.2, 0.25) is 0 Å². The summed E-state index contributed by atoms with van der Waals surface area (Å²) in [5.74, 6) is -1.05. The first-order valence-electron chi connectivity index (χ1n) is 18.3. The van der Waals surface area contributed by atoms with Crippen LogP contribution in [0.4, 0.5) is 0 Å². The number of amides is 4. The number of ketones is 1. The molecular weight excluding hydrogens is 632 g/mol. The molecule has 2 aromatic carbocycles. The van der Waals surface area contributed by atoms with E-state index < -0.39 is 41.9 Å². The van der Waals surface area contributed by atoms with E-state index in [-0.39, 0.29) is 29.9 Å². The predicted octanol–water partition coefficient (Wildman–Crippen LogP) is 3.04. The van der Waals surface area contributed by atoms with Gasteiger partial charge in [0.15, 0.2) is 0 Å². The van der Waals surface area contributed by atoms with Crippen molar-refractivity contribution in [3.8, 4) is 0 Å². The van der Waals surface area contributed by atoms with Crippen LogP contribution in [-0.4, -0.2) is 78.1 Å². The highest BCUT2D eigenvalue weighted by atomic mass is 16.2. The Hall–Kier alpha value is -4.09. The number of likely N-dealkylation sites (tertiary alicyclic amines) is 1. The molecule has 11 nitrogen and oxygen atoms in total. The number of carbonyl (C=O) groups is 5. The Morgan fingerprint density at radius 2 is 1.30 bits per heavy atom. The second-order valence-electron chi connectivity index (χ2n) is 13.9. The van der Waals surface area contributed by atoms with E-state index in [4.69, 9.17) is 11.5 Å². The fraction of sp³-hybridized carbons (Fsp3) is 0.564. The van der Waals surface area contributed by atoms with Gasteiger partial charge in [0.1, 0.15) is 23.9 Å². The third-order valence-electron chi connectivity index (χ3n) is 9.29. The highest BCUT2D eigenvalue weighted by Crippen LogP contribution is 2.22. The fourth-order valence-electron chi connectivity index (χ4n) is 6.34. The van der Waals surface area contributed by atoms with Gasteiger partial charge in [-0.15, -0.1) is 0 Å². The van der Waals surface area contributed by atoms with Crippen LogP contribution in [-0.2, 0) is 36.8 Å². The number of piperidine rings is 1. The van der Waals surface area contributed by atoms with E-state index in [0.717, 1.165) is 24.0 Å². The minimum Gasteiger partial charge on any atom is -0.343 e. The van der Waals surface area contributed by atoms with Gasteiger partial charge in [0, 0.05) is 32.4 Å². The Bertz CT molecular complexity index is 1360. The van der Waals surface area contributed by atoms with Gasteiger partial charge in [-0.3, -0.25) is 24.0 Å². The molecule has 4 atom stereocenters. The monoisotopic (exact) mass is 690 g/mol. The summed E-state index contributed by atoms with van der Waals surface area (Å²) in [6.45, 7) is 7.31. The average Bonchev–Trinajstić information content (AvgIpc) is 3.11. The quantitative estimate of drug-likeness (QED) is 0.133. The molecular formula is C39H58N6O5. The van der Waals surface area contributed by atoms with Crippen LogP contribution in [0.15, 0.2) is 60.7 Å². The van der Waals surface area contributed by atoms with Crippen molar-refractivity contribution in [1.29, 1.82) is 0 Å². The third-order valence-corrected chi connectivity index (χ3v) is 9.29. The van der Waals surface area contributed by atoms with Gasteiger partial charge in [0.25, 0.3) is 0 Å². The molecule has 274 valence electrons. The smallest absolute Gasteiger partial charge is 0.245 e. The zero-order valence-electron chi connectivity index (χ0n) is 30.1. The van der Waals surface area contributed by atoms with E-state index in [2.05, 4.69) is 16.0 Å². The predicted molar refractivity (Wildman–Crippen MR) is 196 cm³/mol. The molecule has 2 aromatic rings. The molecule has 1 heterocycles. The topological polar surface area (TPSA) is 177 Å². The summed E-state index contributed by atoms with van der Waals surface area (Å²) in [7, 11) is 0. The van der Waals surface area contributed by atoms with Gasteiger partial charge in [-0.2, -0.15) is 0 Å². The van der Waals surface area contributed by atoms with Crippen LogP contribution in [0.1, 0.15) is 83.3 Å². The lowest BCUT2D eigenvalue weighted by molar-refractivity contribution is -0.139. The summed E-state index contributed by atoms with van der Waals surface area (Å²) in [5.41, 5.74) is 13.7. The van der Waals surface area contributed by atoms with Gasteiger partial charge < -0.3 is 32.3 Å². The highest BCUT2D eigenvalue weighted by molar-refractivity contribution is 5.95. The van der Waals surface area contributed by atoms with Crippen molar-refractivity contribution in [2.45, 2.75) is 109 Å². The minimum absolute atomic E-state index is 0.0451. The number of nitrogens with one attached hydrogen (secondary N) is 3. The summed E-state index contributed by atoms with van der Waals surface area (Å²) in [6.07, 6.45) is 5.17. The second-order valence-corrected chi connectivity index (χ2v) is 13.9. The van der Waals surface area contributed by atoms with Gasteiger partial charge in [-0.1, -0.05) is 81.4 Å². The normalized spacial score (nSPS) is 15.8. The third kappa shape index (κ3) is 13.7.